The Balaban J connectivity index is 1.57. The first-order valence-electron chi connectivity index (χ1n) is 9.11. The molecule has 0 aliphatic carbocycles. The molecule has 7 nitrogen and oxygen atoms in total. The van der Waals surface area contributed by atoms with Gasteiger partial charge in [-0.15, -0.1) is 0 Å². The molecule has 0 aromatic heterocycles. The molecule has 160 valence electrons. The van der Waals surface area contributed by atoms with Gasteiger partial charge >= 0.3 is 6.09 Å². The first kappa shape index (κ1) is 22.3. The molecule has 3 aromatic carbocycles. The zero-order chi connectivity index (χ0) is 22.4. The van der Waals surface area contributed by atoms with Crippen LogP contribution in [0.25, 0.3) is 11.1 Å². The number of hydrogen-bond acceptors (Lipinski definition) is 5. The third-order valence-electron chi connectivity index (χ3n) is 4.19. The van der Waals surface area contributed by atoms with Gasteiger partial charge in [-0.3, -0.25) is 10.1 Å². The molecule has 2 amide bonds. The Bertz CT molecular complexity index is 1190. The fourth-order valence-electron chi connectivity index (χ4n) is 2.78. The third kappa shape index (κ3) is 6.31. The lowest BCUT2D eigenvalue weighted by Gasteiger charge is -2.10. The average Bonchev–Trinajstić information content (AvgIpc) is 2.74. The highest BCUT2D eigenvalue weighted by Crippen LogP contribution is 2.28. The summed E-state index contributed by atoms with van der Waals surface area (Å²) in [6.07, 6.45) is 0.383. The maximum Gasteiger partial charge on any atom is 0.412 e. The van der Waals surface area contributed by atoms with Crippen molar-refractivity contribution >= 4 is 44.8 Å². The summed E-state index contributed by atoms with van der Waals surface area (Å²) < 4.78 is 28.9. The summed E-state index contributed by atoms with van der Waals surface area (Å²) in [5.74, 6) is -0.518. The van der Waals surface area contributed by atoms with E-state index < -0.39 is 28.4 Å². The summed E-state index contributed by atoms with van der Waals surface area (Å²) in [5.41, 5.74) is 2.23. The van der Waals surface area contributed by atoms with Crippen LogP contribution in [0.5, 0.6) is 0 Å². The summed E-state index contributed by atoms with van der Waals surface area (Å²) in [5, 5.41) is 5.63. The number of sulfone groups is 1. The number of nitrogens with one attached hydrogen (secondary N) is 2. The van der Waals surface area contributed by atoms with Crippen LogP contribution >= 0.6 is 11.6 Å². The Morgan fingerprint density at radius 3 is 2.10 bits per heavy atom. The Kier molecular flexibility index (Phi) is 6.94. The van der Waals surface area contributed by atoms with E-state index in [-0.39, 0.29) is 4.90 Å². The van der Waals surface area contributed by atoms with Gasteiger partial charge in [0.1, 0.15) is 0 Å². The second-order valence-electron chi connectivity index (χ2n) is 6.60. The number of hydrogen-bond donors (Lipinski definition) is 2. The molecule has 0 unspecified atom stereocenters. The Morgan fingerprint density at radius 1 is 0.871 bits per heavy atom. The van der Waals surface area contributed by atoms with Crippen molar-refractivity contribution in [3.63, 3.8) is 0 Å². The van der Waals surface area contributed by atoms with E-state index in [0.717, 1.165) is 6.26 Å². The van der Waals surface area contributed by atoms with E-state index in [1.54, 1.807) is 72.8 Å². The summed E-state index contributed by atoms with van der Waals surface area (Å²) in [6, 6.07) is 19.8. The Labute approximate surface area is 184 Å². The van der Waals surface area contributed by atoms with Crippen molar-refractivity contribution < 1.29 is 22.7 Å². The van der Waals surface area contributed by atoms with Gasteiger partial charge in [-0.1, -0.05) is 41.9 Å². The van der Waals surface area contributed by atoms with Gasteiger partial charge < -0.3 is 10.1 Å². The first-order valence-corrected chi connectivity index (χ1v) is 11.4. The highest BCUT2D eigenvalue weighted by atomic mass is 35.5. The van der Waals surface area contributed by atoms with Gasteiger partial charge in [0.15, 0.2) is 16.4 Å². The van der Waals surface area contributed by atoms with Crippen molar-refractivity contribution in [1.29, 1.82) is 0 Å². The minimum Gasteiger partial charge on any atom is -0.439 e. The van der Waals surface area contributed by atoms with Crippen molar-refractivity contribution in [1.82, 2.24) is 0 Å². The Morgan fingerprint density at radius 2 is 1.45 bits per heavy atom. The van der Waals surface area contributed by atoms with Crippen LogP contribution in [0.2, 0.25) is 5.02 Å². The summed E-state index contributed by atoms with van der Waals surface area (Å²) in [7, 11) is -3.38. The molecule has 0 aliphatic heterocycles. The minimum atomic E-state index is -3.38. The van der Waals surface area contributed by atoms with Crippen LogP contribution < -0.4 is 10.6 Å². The zero-order valence-electron chi connectivity index (χ0n) is 16.5. The number of anilines is 2. The molecular formula is C22H19ClN2O5S. The lowest BCUT2D eigenvalue weighted by atomic mass is 10.1. The van der Waals surface area contributed by atoms with Crippen LogP contribution in [0.4, 0.5) is 16.2 Å². The van der Waals surface area contributed by atoms with E-state index in [2.05, 4.69) is 10.6 Å². The molecule has 3 rings (SSSR count). The van der Waals surface area contributed by atoms with E-state index in [0.29, 0.717) is 27.5 Å². The number of rotatable bonds is 6. The van der Waals surface area contributed by atoms with Gasteiger partial charge in [-0.25, -0.2) is 13.2 Å². The van der Waals surface area contributed by atoms with Crippen LogP contribution in [0.1, 0.15) is 0 Å². The van der Waals surface area contributed by atoms with Crippen LogP contribution in [0.3, 0.4) is 0 Å². The quantitative estimate of drug-likeness (QED) is 0.562. The molecule has 0 fully saturated rings. The number of carbonyl (C=O) groups excluding carboxylic acids is 2. The first-order chi connectivity index (χ1) is 14.7. The molecule has 9 heteroatoms. The van der Waals surface area contributed by atoms with Gasteiger partial charge in [0.05, 0.1) is 4.90 Å². The minimum absolute atomic E-state index is 0.229. The van der Waals surface area contributed by atoms with Crippen molar-refractivity contribution in [2.24, 2.45) is 0 Å². The maximum absolute atomic E-state index is 12.0. The molecule has 0 aliphatic rings. The molecule has 3 aromatic rings. The van der Waals surface area contributed by atoms with Crippen molar-refractivity contribution in [3.8, 4) is 11.1 Å². The summed E-state index contributed by atoms with van der Waals surface area (Å²) >= 11 is 5.78. The highest BCUT2D eigenvalue weighted by molar-refractivity contribution is 7.90. The smallest absolute Gasteiger partial charge is 0.412 e. The predicted molar refractivity (Wildman–Crippen MR) is 120 cm³/mol. The van der Waals surface area contributed by atoms with E-state index in [4.69, 9.17) is 16.3 Å². The van der Waals surface area contributed by atoms with Gasteiger partial charge in [0.2, 0.25) is 0 Å². The van der Waals surface area contributed by atoms with Gasteiger partial charge in [-0.05, 0) is 48.0 Å². The van der Waals surface area contributed by atoms with E-state index in [1.165, 1.54) is 0 Å². The number of benzene rings is 3. The zero-order valence-corrected chi connectivity index (χ0v) is 18.0. The average molecular weight is 459 g/mol. The van der Waals surface area contributed by atoms with Crippen LogP contribution in [0.15, 0.2) is 77.7 Å². The lowest BCUT2D eigenvalue weighted by molar-refractivity contribution is -0.118. The third-order valence-corrected chi connectivity index (χ3v) is 5.60. The van der Waals surface area contributed by atoms with Gasteiger partial charge in [-0.2, -0.15) is 0 Å². The molecule has 31 heavy (non-hydrogen) atoms. The topological polar surface area (TPSA) is 102 Å². The Hall–Kier alpha value is -3.36. The van der Waals surface area contributed by atoms with Crippen molar-refractivity contribution in [2.45, 2.75) is 4.90 Å². The molecule has 0 spiro atoms. The highest BCUT2D eigenvalue weighted by Gasteiger charge is 2.14. The van der Waals surface area contributed by atoms with Crippen LogP contribution in [-0.4, -0.2) is 33.3 Å². The largest absolute Gasteiger partial charge is 0.439 e. The van der Waals surface area contributed by atoms with Crippen LogP contribution in [0, 0.1) is 0 Å². The molecule has 0 heterocycles. The summed E-state index contributed by atoms with van der Waals surface area (Å²) in [6.45, 7) is -0.474. The number of carbonyl (C=O) groups is 2. The fourth-order valence-corrected chi connectivity index (χ4v) is 3.81. The van der Waals surface area contributed by atoms with E-state index in [1.807, 2.05) is 0 Å². The second kappa shape index (κ2) is 9.63. The summed E-state index contributed by atoms with van der Waals surface area (Å²) in [4.78, 5) is 24.0. The SMILES string of the molecule is CS(=O)(=O)c1ccccc1-c1ccc(NC(=O)COC(=O)Nc2ccc(Cl)cc2)cc1. The van der Waals surface area contributed by atoms with E-state index in [9.17, 15) is 18.0 Å². The standard InChI is InChI=1S/C22H19ClN2O5S/c1-31(28,29)20-5-3-2-4-19(20)15-6-10-17(11-7-15)24-21(26)14-30-22(27)25-18-12-8-16(23)9-13-18/h2-13H,14H2,1H3,(H,24,26)(H,25,27). The molecule has 0 atom stereocenters. The molecule has 2 N–H and O–H groups in total. The molecule has 0 saturated carbocycles. The number of ether oxygens (including phenoxy) is 1. The molecule has 0 bridgehead atoms. The normalized spacial score (nSPS) is 10.9. The number of amides is 2. The fraction of sp³-hybridized carbons (Fsp3) is 0.0909. The second-order valence-corrected chi connectivity index (χ2v) is 9.02. The van der Waals surface area contributed by atoms with Crippen molar-refractivity contribution in [2.75, 3.05) is 23.5 Å². The predicted octanol–water partition coefficient (Wildman–Crippen LogP) is 4.60. The van der Waals surface area contributed by atoms with Gasteiger partial charge in [0, 0.05) is 28.2 Å². The molecular weight excluding hydrogens is 440 g/mol. The lowest BCUT2D eigenvalue weighted by Crippen LogP contribution is -2.23. The molecule has 0 radical (unpaired) electrons. The van der Waals surface area contributed by atoms with E-state index >= 15 is 0 Å². The number of halogens is 1. The van der Waals surface area contributed by atoms with Gasteiger partial charge in [0.25, 0.3) is 5.91 Å². The molecule has 0 saturated heterocycles. The van der Waals surface area contributed by atoms with Crippen LogP contribution in [-0.2, 0) is 19.4 Å². The monoisotopic (exact) mass is 458 g/mol. The van der Waals surface area contributed by atoms with Crippen molar-refractivity contribution in [3.05, 3.63) is 77.8 Å². The maximum atomic E-state index is 12.0.